The third-order valence-corrected chi connectivity index (χ3v) is 5.78. The van der Waals surface area contributed by atoms with Gasteiger partial charge in [0.25, 0.3) is 5.24 Å². The van der Waals surface area contributed by atoms with Crippen molar-refractivity contribution < 1.29 is 18.0 Å². The molecule has 2 amide bonds. The molecule has 0 radical (unpaired) electrons. The van der Waals surface area contributed by atoms with Gasteiger partial charge in [-0.3, -0.25) is 9.59 Å². The van der Waals surface area contributed by atoms with E-state index in [1.54, 1.807) is 12.1 Å². The van der Waals surface area contributed by atoms with Crippen LogP contribution in [0.4, 0.5) is 10.5 Å². The first-order valence-electron chi connectivity index (χ1n) is 7.73. The molecule has 9 heteroatoms. The lowest BCUT2D eigenvalue weighted by molar-refractivity contribution is -0.116. The monoisotopic (exact) mass is 371 g/mol. The van der Waals surface area contributed by atoms with Crippen molar-refractivity contribution in [2.75, 3.05) is 30.7 Å². The quantitative estimate of drug-likeness (QED) is 0.680. The highest BCUT2D eigenvalue weighted by atomic mass is 32.2. The Balaban J connectivity index is 1.99. The average molecular weight is 371 g/mol. The summed E-state index contributed by atoms with van der Waals surface area (Å²) in [6.45, 7) is 2.88. The summed E-state index contributed by atoms with van der Waals surface area (Å²) in [5.41, 5.74) is 0.387. The second kappa shape index (κ2) is 8.50. The molecule has 0 unspecified atom stereocenters. The standard InChI is InChI=1S/C15H21N3O4S2/c1-2-3-7-16-24(21,22)13-6-4-5-12(10-13)17-14(19)11-18-8-9-23-15(18)20/h4-6,10,16H,2-3,7-9,11H2,1H3,(H,17,19). The summed E-state index contributed by atoms with van der Waals surface area (Å²) < 4.78 is 26.9. The number of unbranched alkanes of at least 4 members (excludes halogenated alkanes) is 1. The molecule has 1 aliphatic rings. The number of amides is 2. The summed E-state index contributed by atoms with van der Waals surface area (Å²) in [7, 11) is -3.59. The van der Waals surface area contributed by atoms with Crippen LogP contribution in [0.3, 0.4) is 0 Å². The molecule has 0 saturated carbocycles. The fraction of sp³-hybridized carbons (Fsp3) is 0.467. The van der Waals surface area contributed by atoms with E-state index in [0.29, 0.717) is 24.5 Å². The van der Waals surface area contributed by atoms with Crippen molar-refractivity contribution in [2.45, 2.75) is 24.7 Å². The average Bonchev–Trinajstić information content (AvgIpc) is 2.92. The van der Waals surface area contributed by atoms with Gasteiger partial charge in [-0.15, -0.1) is 0 Å². The first-order chi connectivity index (χ1) is 11.4. The van der Waals surface area contributed by atoms with E-state index in [1.165, 1.54) is 28.8 Å². The van der Waals surface area contributed by atoms with Crippen molar-refractivity contribution in [2.24, 2.45) is 0 Å². The van der Waals surface area contributed by atoms with E-state index >= 15 is 0 Å². The Morgan fingerprint density at radius 3 is 2.83 bits per heavy atom. The van der Waals surface area contributed by atoms with Crippen LogP contribution < -0.4 is 10.0 Å². The highest BCUT2D eigenvalue weighted by Gasteiger charge is 2.23. The molecule has 132 valence electrons. The normalized spacial score (nSPS) is 14.9. The van der Waals surface area contributed by atoms with Crippen molar-refractivity contribution in [1.82, 2.24) is 9.62 Å². The SMILES string of the molecule is CCCCNS(=O)(=O)c1cccc(NC(=O)CN2CCSC2=O)c1. The molecule has 0 bridgehead atoms. The van der Waals surface area contributed by atoms with Crippen LogP contribution in [0, 0.1) is 0 Å². The second-order valence-electron chi connectivity index (χ2n) is 5.36. The number of carbonyl (C=O) groups is 2. The molecule has 1 aromatic rings. The smallest absolute Gasteiger partial charge is 0.282 e. The van der Waals surface area contributed by atoms with E-state index in [2.05, 4.69) is 10.0 Å². The number of nitrogens with one attached hydrogen (secondary N) is 2. The van der Waals surface area contributed by atoms with Crippen LogP contribution in [0.2, 0.25) is 0 Å². The highest BCUT2D eigenvalue weighted by Crippen LogP contribution is 2.18. The minimum Gasteiger partial charge on any atom is -0.325 e. The Bertz CT molecular complexity index is 706. The zero-order valence-corrected chi connectivity index (χ0v) is 15.1. The Labute approximate surface area is 146 Å². The maximum absolute atomic E-state index is 12.2. The third kappa shape index (κ3) is 5.22. The molecule has 2 N–H and O–H groups in total. The molecule has 1 heterocycles. The van der Waals surface area contributed by atoms with Gasteiger partial charge in [0, 0.05) is 24.5 Å². The number of nitrogens with zero attached hydrogens (tertiary/aromatic N) is 1. The molecular weight excluding hydrogens is 350 g/mol. The predicted octanol–water partition coefficient (Wildman–Crippen LogP) is 1.87. The fourth-order valence-electron chi connectivity index (χ4n) is 2.15. The molecule has 0 aliphatic carbocycles. The number of hydrogen-bond acceptors (Lipinski definition) is 5. The highest BCUT2D eigenvalue weighted by molar-refractivity contribution is 8.13. The van der Waals surface area contributed by atoms with Crippen molar-refractivity contribution in [3.8, 4) is 0 Å². The van der Waals surface area contributed by atoms with Gasteiger partial charge in [-0.1, -0.05) is 31.2 Å². The van der Waals surface area contributed by atoms with Crippen LogP contribution in [0.25, 0.3) is 0 Å². The van der Waals surface area contributed by atoms with Crippen LogP contribution in [0.5, 0.6) is 0 Å². The number of rotatable bonds is 8. The van der Waals surface area contributed by atoms with Crippen molar-refractivity contribution in [3.05, 3.63) is 24.3 Å². The van der Waals surface area contributed by atoms with Crippen LogP contribution in [-0.4, -0.2) is 49.9 Å². The number of anilines is 1. The lowest BCUT2D eigenvalue weighted by Crippen LogP contribution is -2.33. The molecule has 0 aromatic heterocycles. The molecule has 0 spiro atoms. The molecule has 7 nitrogen and oxygen atoms in total. The molecule has 0 atom stereocenters. The fourth-order valence-corrected chi connectivity index (χ4v) is 4.10. The van der Waals surface area contributed by atoms with Gasteiger partial charge in [-0.25, -0.2) is 13.1 Å². The lowest BCUT2D eigenvalue weighted by atomic mass is 10.3. The summed E-state index contributed by atoms with van der Waals surface area (Å²) in [5, 5.41) is 2.53. The lowest BCUT2D eigenvalue weighted by Gasteiger charge is -2.14. The summed E-state index contributed by atoms with van der Waals surface area (Å²) >= 11 is 1.19. The van der Waals surface area contributed by atoms with E-state index < -0.39 is 10.0 Å². The van der Waals surface area contributed by atoms with Gasteiger partial charge >= 0.3 is 0 Å². The summed E-state index contributed by atoms with van der Waals surface area (Å²) in [6.07, 6.45) is 1.66. The number of sulfonamides is 1. The number of carbonyl (C=O) groups excluding carboxylic acids is 2. The van der Waals surface area contributed by atoms with Gasteiger partial charge in [0.2, 0.25) is 15.9 Å². The number of hydrogen-bond donors (Lipinski definition) is 2. The minimum atomic E-state index is -3.59. The largest absolute Gasteiger partial charge is 0.325 e. The molecule has 1 saturated heterocycles. The predicted molar refractivity (Wildman–Crippen MR) is 94.6 cm³/mol. The van der Waals surface area contributed by atoms with E-state index in [1.807, 2.05) is 6.92 Å². The minimum absolute atomic E-state index is 0.0302. The first-order valence-corrected chi connectivity index (χ1v) is 10.2. The van der Waals surface area contributed by atoms with E-state index in [0.717, 1.165) is 12.8 Å². The Kier molecular flexibility index (Phi) is 6.64. The van der Waals surface area contributed by atoms with Gasteiger partial charge in [0.15, 0.2) is 0 Å². The second-order valence-corrected chi connectivity index (χ2v) is 8.18. The summed E-state index contributed by atoms with van der Waals surface area (Å²) in [5.74, 6) is 0.336. The molecule has 1 aliphatic heterocycles. The molecular formula is C15H21N3O4S2. The topological polar surface area (TPSA) is 95.6 Å². The number of benzene rings is 1. The zero-order chi connectivity index (χ0) is 17.6. The van der Waals surface area contributed by atoms with E-state index in [9.17, 15) is 18.0 Å². The van der Waals surface area contributed by atoms with Crippen LogP contribution in [0.15, 0.2) is 29.2 Å². The molecule has 2 rings (SSSR count). The molecule has 24 heavy (non-hydrogen) atoms. The zero-order valence-electron chi connectivity index (χ0n) is 13.4. The van der Waals surface area contributed by atoms with Gasteiger partial charge < -0.3 is 10.2 Å². The Hall–Kier alpha value is -1.58. The van der Waals surface area contributed by atoms with Gasteiger partial charge in [-0.05, 0) is 24.6 Å². The first kappa shape index (κ1) is 18.8. The van der Waals surface area contributed by atoms with E-state index in [4.69, 9.17) is 0 Å². The van der Waals surface area contributed by atoms with Crippen molar-refractivity contribution in [1.29, 1.82) is 0 Å². The third-order valence-electron chi connectivity index (χ3n) is 3.43. The Morgan fingerprint density at radius 1 is 1.38 bits per heavy atom. The van der Waals surface area contributed by atoms with Crippen LogP contribution >= 0.6 is 11.8 Å². The van der Waals surface area contributed by atoms with E-state index in [-0.39, 0.29) is 22.6 Å². The number of thioether (sulfide) groups is 1. The van der Waals surface area contributed by atoms with Crippen LogP contribution in [-0.2, 0) is 14.8 Å². The van der Waals surface area contributed by atoms with Gasteiger partial charge in [-0.2, -0.15) is 0 Å². The van der Waals surface area contributed by atoms with Gasteiger partial charge in [0.05, 0.1) is 4.90 Å². The molecule has 1 fully saturated rings. The van der Waals surface area contributed by atoms with Crippen molar-refractivity contribution >= 4 is 38.6 Å². The maximum atomic E-state index is 12.2. The maximum Gasteiger partial charge on any atom is 0.282 e. The van der Waals surface area contributed by atoms with Gasteiger partial charge in [0.1, 0.15) is 6.54 Å². The van der Waals surface area contributed by atoms with Crippen LogP contribution in [0.1, 0.15) is 19.8 Å². The van der Waals surface area contributed by atoms with Crippen molar-refractivity contribution in [3.63, 3.8) is 0 Å². The molecule has 1 aromatic carbocycles. The summed E-state index contributed by atoms with van der Waals surface area (Å²) in [6, 6.07) is 6.07. The Morgan fingerprint density at radius 2 is 2.17 bits per heavy atom. The summed E-state index contributed by atoms with van der Waals surface area (Å²) in [4.78, 5) is 25.1.